The number of nitrogens with zero attached hydrogens (tertiary/aromatic N) is 5. The van der Waals surface area contributed by atoms with E-state index in [9.17, 15) is 9.59 Å². The highest BCUT2D eigenvalue weighted by Crippen LogP contribution is 2.22. The van der Waals surface area contributed by atoms with Crippen molar-refractivity contribution in [1.82, 2.24) is 35.4 Å². The Hall–Kier alpha value is -3.28. The van der Waals surface area contributed by atoms with Gasteiger partial charge in [-0.3, -0.25) is 9.63 Å². The molecule has 1 unspecified atom stereocenters. The summed E-state index contributed by atoms with van der Waals surface area (Å²) in [6.45, 7) is 10.9. The predicted octanol–water partition coefficient (Wildman–Crippen LogP) is 4.00. The lowest BCUT2D eigenvalue weighted by Crippen LogP contribution is -2.51. The van der Waals surface area contributed by atoms with E-state index in [4.69, 9.17) is 4.84 Å². The fourth-order valence-corrected chi connectivity index (χ4v) is 5.87. The number of urea groups is 1. The van der Waals surface area contributed by atoms with Crippen molar-refractivity contribution in [2.24, 2.45) is 0 Å². The van der Waals surface area contributed by atoms with Gasteiger partial charge in [0.25, 0.3) is 5.91 Å². The van der Waals surface area contributed by atoms with Crippen LogP contribution in [0.2, 0.25) is 0 Å². The van der Waals surface area contributed by atoms with Gasteiger partial charge in [0, 0.05) is 44.5 Å². The van der Waals surface area contributed by atoms with Crippen molar-refractivity contribution in [2.75, 3.05) is 26.7 Å². The molecule has 1 atom stereocenters. The summed E-state index contributed by atoms with van der Waals surface area (Å²) in [4.78, 5) is 39.5. The van der Waals surface area contributed by atoms with Gasteiger partial charge in [0.15, 0.2) is 5.82 Å². The Kier molecular flexibility index (Phi) is 9.71. The summed E-state index contributed by atoms with van der Waals surface area (Å²) in [6, 6.07) is 6.14. The lowest BCUT2D eigenvalue weighted by Gasteiger charge is -2.40. The first-order chi connectivity index (χ1) is 18.8. The summed E-state index contributed by atoms with van der Waals surface area (Å²) in [5, 5.41) is 11.6. The number of hydroxylamine groups is 1. The number of carbonyl (C=O) groups excluding carboxylic acids is 2. The third-order valence-corrected chi connectivity index (χ3v) is 8.09. The molecule has 0 spiro atoms. The first kappa shape index (κ1) is 28.7. The van der Waals surface area contributed by atoms with Gasteiger partial charge in [0.1, 0.15) is 0 Å². The highest BCUT2D eigenvalue weighted by Gasteiger charge is 2.30. The third kappa shape index (κ3) is 7.23. The molecular weight excluding hydrogens is 514 g/mol. The first-order valence-electron chi connectivity index (χ1n) is 13.4. The van der Waals surface area contributed by atoms with Gasteiger partial charge in [-0.2, -0.15) is 16.4 Å². The Bertz CT molecular complexity index is 1230. The minimum absolute atomic E-state index is 0.0974. The Morgan fingerprint density at radius 2 is 2.00 bits per heavy atom. The van der Waals surface area contributed by atoms with Gasteiger partial charge < -0.3 is 15.1 Å². The van der Waals surface area contributed by atoms with Crippen LogP contribution in [0, 0.1) is 20.8 Å². The van der Waals surface area contributed by atoms with E-state index in [0.29, 0.717) is 36.2 Å². The Morgan fingerprint density at radius 1 is 1.23 bits per heavy atom. The van der Waals surface area contributed by atoms with Crippen LogP contribution in [0.25, 0.3) is 5.82 Å². The zero-order valence-corrected chi connectivity index (χ0v) is 24.3. The second kappa shape index (κ2) is 13.2. The average molecular weight is 554 g/mol. The van der Waals surface area contributed by atoms with E-state index in [-0.39, 0.29) is 18.0 Å². The van der Waals surface area contributed by atoms with Gasteiger partial charge >= 0.3 is 6.03 Å². The molecule has 3 amide bonds. The minimum atomic E-state index is -0.203. The van der Waals surface area contributed by atoms with Crippen molar-refractivity contribution >= 4 is 23.3 Å². The number of hydrogen-bond acceptors (Lipinski definition) is 7. The number of hydrogen-bond donors (Lipinski definition) is 2. The van der Waals surface area contributed by atoms with Crippen molar-refractivity contribution in [3.8, 4) is 5.82 Å². The smallest absolute Gasteiger partial charge is 0.341 e. The van der Waals surface area contributed by atoms with Crippen molar-refractivity contribution in [3.63, 3.8) is 0 Å². The molecule has 0 aliphatic carbocycles. The molecule has 4 heterocycles. The van der Waals surface area contributed by atoms with E-state index in [1.165, 1.54) is 7.11 Å². The molecule has 11 heteroatoms. The van der Waals surface area contributed by atoms with E-state index in [0.717, 1.165) is 49.2 Å². The number of amides is 3. The summed E-state index contributed by atoms with van der Waals surface area (Å²) < 4.78 is 1.73. The number of carbonyl (C=O) groups is 2. The van der Waals surface area contributed by atoms with Crippen LogP contribution in [0.5, 0.6) is 0 Å². The van der Waals surface area contributed by atoms with Crippen LogP contribution >= 0.6 is 11.3 Å². The number of nitrogens with one attached hydrogen (secondary N) is 2. The van der Waals surface area contributed by atoms with E-state index in [1.807, 2.05) is 49.4 Å². The Labute approximate surface area is 234 Å². The second-order valence-electron chi connectivity index (χ2n) is 10.2. The lowest BCUT2D eigenvalue weighted by atomic mass is 10.0. The number of piperidine rings is 1. The van der Waals surface area contributed by atoms with Gasteiger partial charge in [-0.05, 0) is 87.0 Å². The largest absolute Gasteiger partial charge is 0.352 e. The SMILES string of the molecule is CONC(=O)N(Cc1ccsc1)C1CCN(C(C)CCNC(=O)c2c(C)cc(-n3ccc(C)n3)nc2C)CC1. The van der Waals surface area contributed by atoms with Crippen molar-refractivity contribution in [3.05, 3.63) is 63.2 Å². The van der Waals surface area contributed by atoms with Crippen molar-refractivity contribution in [1.29, 1.82) is 0 Å². The van der Waals surface area contributed by atoms with Gasteiger partial charge in [0.2, 0.25) is 0 Å². The number of thiophene rings is 1. The van der Waals surface area contributed by atoms with Gasteiger partial charge in [-0.15, -0.1) is 0 Å². The van der Waals surface area contributed by atoms with Crippen LogP contribution < -0.4 is 10.8 Å². The zero-order chi connectivity index (χ0) is 27.9. The minimum Gasteiger partial charge on any atom is -0.352 e. The molecule has 10 nitrogen and oxygen atoms in total. The lowest BCUT2D eigenvalue weighted by molar-refractivity contribution is 0.0565. The molecule has 0 bridgehead atoms. The van der Waals surface area contributed by atoms with E-state index in [2.05, 4.69) is 44.1 Å². The van der Waals surface area contributed by atoms with Crippen molar-refractivity contribution < 1.29 is 14.4 Å². The predicted molar refractivity (Wildman–Crippen MR) is 152 cm³/mol. The van der Waals surface area contributed by atoms with E-state index in [1.54, 1.807) is 16.0 Å². The summed E-state index contributed by atoms with van der Waals surface area (Å²) in [7, 11) is 1.46. The molecule has 39 heavy (non-hydrogen) atoms. The number of pyridine rings is 1. The molecule has 3 aromatic heterocycles. The first-order valence-corrected chi connectivity index (χ1v) is 14.3. The number of likely N-dealkylation sites (tertiary alicyclic amines) is 1. The maximum atomic E-state index is 13.0. The topological polar surface area (TPSA) is 105 Å². The molecule has 2 N–H and O–H groups in total. The van der Waals surface area contributed by atoms with Crippen LogP contribution in [-0.2, 0) is 11.4 Å². The molecule has 1 aliphatic heterocycles. The standard InChI is InChI=1S/C28H39N7O3S/c1-19-16-25(35-14-7-20(2)31-35)30-22(4)26(19)27(36)29-11-6-21(3)33-12-8-24(9-13-33)34(28(37)32-38-5)17-23-10-15-39-18-23/h7,10,14-16,18,21,24H,6,8-9,11-13,17H2,1-5H3,(H,29,36)(H,32,37). The summed E-state index contributed by atoms with van der Waals surface area (Å²) >= 11 is 1.63. The molecule has 1 aliphatic rings. The molecule has 210 valence electrons. The molecule has 0 saturated carbocycles. The molecular formula is C28H39N7O3S. The number of aromatic nitrogens is 3. The van der Waals surface area contributed by atoms with Crippen LogP contribution in [0.15, 0.2) is 35.2 Å². The molecule has 4 rings (SSSR count). The Balaban J connectivity index is 1.27. The molecule has 0 aromatic carbocycles. The number of aryl methyl sites for hydroxylation is 3. The molecule has 3 aromatic rings. The summed E-state index contributed by atoms with van der Waals surface area (Å²) in [5.41, 5.74) is 6.72. The maximum absolute atomic E-state index is 13.0. The second-order valence-corrected chi connectivity index (χ2v) is 11.0. The normalized spacial score (nSPS) is 15.2. The van der Waals surface area contributed by atoms with Crippen molar-refractivity contribution in [2.45, 2.75) is 65.6 Å². The van der Waals surface area contributed by atoms with Gasteiger partial charge in [-0.25, -0.2) is 19.9 Å². The van der Waals surface area contributed by atoms with E-state index < -0.39 is 0 Å². The van der Waals surface area contributed by atoms with E-state index >= 15 is 0 Å². The monoisotopic (exact) mass is 553 g/mol. The summed E-state index contributed by atoms with van der Waals surface area (Å²) in [5.74, 6) is 0.611. The van der Waals surface area contributed by atoms with Gasteiger partial charge in [-0.1, -0.05) is 0 Å². The number of rotatable bonds is 10. The van der Waals surface area contributed by atoms with Crippen LogP contribution in [0.4, 0.5) is 4.79 Å². The Morgan fingerprint density at radius 3 is 2.62 bits per heavy atom. The van der Waals surface area contributed by atoms with Crippen LogP contribution in [0.1, 0.15) is 59.1 Å². The highest BCUT2D eigenvalue weighted by molar-refractivity contribution is 7.07. The summed E-state index contributed by atoms with van der Waals surface area (Å²) in [6.07, 6.45) is 4.50. The van der Waals surface area contributed by atoms with Crippen LogP contribution in [-0.4, -0.2) is 75.3 Å². The fourth-order valence-electron chi connectivity index (χ4n) is 5.21. The molecule has 1 saturated heterocycles. The highest BCUT2D eigenvalue weighted by atomic mass is 32.1. The fraction of sp³-hybridized carbons (Fsp3) is 0.500. The maximum Gasteiger partial charge on any atom is 0.341 e. The third-order valence-electron chi connectivity index (χ3n) is 7.36. The molecule has 1 fully saturated rings. The molecule has 0 radical (unpaired) electrons. The van der Waals surface area contributed by atoms with Crippen LogP contribution in [0.3, 0.4) is 0 Å². The average Bonchev–Trinajstić information content (AvgIpc) is 3.59. The van der Waals surface area contributed by atoms with Gasteiger partial charge in [0.05, 0.1) is 24.1 Å². The quantitative estimate of drug-likeness (QED) is 0.368. The zero-order valence-electron chi connectivity index (χ0n) is 23.4.